The van der Waals surface area contributed by atoms with Crippen molar-refractivity contribution in [3.63, 3.8) is 0 Å². The van der Waals surface area contributed by atoms with Gasteiger partial charge in [0.25, 0.3) is 5.91 Å². The summed E-state index contributed by atoms with van der Waals surface area (Å²) < 4.78 is 53.1. The van der Waals surface area contributed by atoms with E-state index in [-0.39, 0.29) is 17.1 Å². The molecule has 1 amide bonds. The van der Waals surface area contributed by atoms with Crippen molar-refractivity contribution >= 4 is 23.1 Å². The molecule has 0 aliphatic heterocycles. The summed E-state index contributed by atoms with van der Waals surface area (Å²) >= 11 is 0. The molecule has 0 spiro atoms. The number of carbonyl (C=O) groups is 1. The molecule has 0 radical (unpaired) electrons. The van der Waals surface area contributed by atoms with E-state index in [1.54, 1.807) is 6.07 Å². The largest absolute Gasteiger partial charge is 0.574 e. The standard InChI is InChI=1S/C18H12F4N4O2/c19-11-3-5-12(6-4-11)25-16-14(2-1-9-23-16)17(27)26-13-7-8-15(24-10-13)28-18(20,21)22/h1-10H,(H,23,25)(H,26,27). The molecule has 0 aliphatic rings. The number of hydrogen-bond acceptors (Lipinski definition) is 5. The van der Waals surface area contributed by atoms with Gasteiger partial charge < -0.3 is 15.4 Å². The number of carbonyl (C=O) groups excluding carboxylic acids is 1. The van der Waals surface area contributed by atoms with Gasteiger partial charge in [0.2, 0.25) is 5.88 Å². The Hall–Kier alpha value is -3.69. The number of ether oxygens (including phenoxy) is 1. The average Bonchev–Trinajstić information content (AvgIpc) is 2.64. The first kappa shape index (κ1) is 19.1. The van der Waals surface area contributed by atoms with Gasteiger partial charge in [0.15, 0.2) is 0 Å². The first-order valence-corrected chi connectivity index (χ1v) is 7.81. The van der Waals surface area contributed by atoms with E-state index in [2.05, 4.69) is 25.3 Å². The average molecular weight is 392 g/mol. The van der Waals surface area contributed by atoms with Crippen LogP contribution in [-0.2, 0) is 0 Å². The van der Waals surface area contributed by atoms with Gasteiger partial charge in [0.1, 0.15) is 11.6 Å². The van der Waals surface area contributed by atoms with Crippen molar-refractivity contribution in [3.8, 4) is 5.88 Å². The molecule has 2 aromatic heterocycles. The molecular formula is C18H12F4N4O2. The number of pyridine rings is 2. The van der Waals surface area contributed by atoms with Crippen LogP contribution in [0.2, 0.25) is 0 Å². The molecule has 1 aromatic carbocycles. The van der Waals surface area contributed by atoms with Crippen LogP contribution in [0.4, 0.5) is 34.8 Å². The zero-order chi connectivity index (χ0) is 20.1. The van der Waals surface area contributed by atoms with Gasteiger partial charge in [-0.25, -0.2) is 14.4 Å². The summed E-state index contributed by atoms with van der Waals surface area (Å²) in [7, 11) is 0. The van der Waals surface area contributed by atoms with E-state index in [0.717, 1.165) is 12.3 Å². The van der Waals surface area contributed by atoms with Crippen LogP contribution < -0.4 is 15.4 Å². The van der Waals surface area contributed by atoms with E-state index >= 15 is 0 Å². The Morgan fingerprint density at radius 2 is 1.68 bits per heavy atom. The van der Waals surface area contributed by atoms with Gasteiger partial charge in [0.05, 0.1) is 17.4 Å². The zero-order valence-corrected chi connectivity index (χ0v) is 14.0. The molecule has 0 unspecified atom stereocenters. The van der Waals surface area contributed by atoms with Crippen LogP contribution in [0.1, 0.15) is 10.4 Å². The number of nitrogens with one attached hydrogen (secondary N) is 2. The topological polar surface area (TPSA) is 76.1 Å². The Balaban J connectivity index is 1.73. The molecule has 3 aromatic rings. The van der Waals surface area contributed by atoms with E-state index in [9.17, 15) is 22.4 Å². The summed E-state index contributed by atoms with van der Waals surface area (Å²) in [6.45, 7) is 0. The first-order valence-electron chi connectivity index (χ1n) is 7.81. The minimum Gasteiger partial charge on any atom is -0.388 e. The SMILES string of the molecule is O=C(Nc1ccc(OC(F)(F)F)nc1)c1cccnc1Nc1ccc(F)cc1. The highest BCUT2D eigenvalue weighted by atomic mass is 19.4. The molecule has 6 nitrogen and oxygen atoms in total. The van der Waals surface area contributed by atoms with E-state index in [0.29, 0.717) is 5.69 Å². The van der Waals surface area contributed by atoms with Gasteiger partial charge in [-0.15, -0.1) is 13.2 Å². The fourth-order valence-corrected chi connectivity index (χ4v) is 2.19. The lowest BCUT2D eigenvalue weighted by molar-refractivity contribution is -0.276. The molecule has 28 heavy (non-hydrogen) atoms. The molecule has 0 fully saturated rings. The summed E-state index contributed by atoms with van der Waals surface area (Å²) in [5.41, 5.74) is 0.850. The summed E-state index contributed by atoms with van der Waals surface area (Å²) in [6, 6.07) is 10.7. The number of alkyl halides is 3. The predicted octanol–water partition coefficient (Wildman–Crippen LogP) is 4.51. The lowest BCUT2D eigenvalue weighted by Crippen LogP contribution is -2.18. The molecule has 3 rings (SSSR count). The number of aromatic nitrogens is 2. The monoisotopic (exact) mass is 392 g/mol. The van der Waals surface area contributed by atoms with Crippen LogP contribution in [0, 0.1) is 5.82 Å². The lowest BCUT2D eigenvalue weighted by Gasteiger charge is -2.12. The van der Waals surface area contributed by atoms with Gasteiger partial charge in [-0.2, -0.15) is 0 Å². The molecule has 0 atom stereocenters. The number of halogens is 4. The fraction of sp³-hybridized carbons (Fsp3) is 0.0556. The number of rotatable bonds is 5. The maximum atomic E-state index is 13.0. The van der Waals surface area contributed by atoms with Gasteiger partial charge in [-0.05, 0) is 42.5 Å². The lowest BCUT2D eigenvalue weighted by atomic mass is 10.2. The second kappa shape index (κ2) is 7.91. The van der Waals surface area contributed by atoms with Gasteiger partial charge in [-0.3, -0.25) is 4.79 Å². The van der Waals surface area contributed by atoms with Crippen molar-refractivity contribution < 1.29 is 27.1 Å². The highest BCUT2D eigenvalue weighted by Gasteiger charge is 2.31. The van der Waals surface area contributed by atoms with Crippen LogP contribution >= 0.6 is 0 Å². The minimum atomic E-state index is -4.85. The van der Waals surface area contributed by atoms with E-state index < -0.39 is 24.0 Å². The van der Waals surface area contributed by atoms with Crippen molar-refractivity contribution in [1.29, 1.82) is 0 Å². The van der Waals surface area contributed by atoms with Crippen LogP contribution in [0.25, 0.3) is 0 Å². The number of nitrogens with zero attached hydrogens (tertiary/aromatic N) is 2. The Labute approximate surface area is 156 Å². The van der Waals surface area contributed by atoms with Crippen molar-refractivity contribution in [2.24, 2.45) is 0 Å². The summed E-state index contributed by atoms with van der Waals surface area (Å²) in [5.74, 6) is -1.40. The van der Waals surface area contributed by atoms with Gasteiger partial charge >= 0.3 is 6.36 Å². The maximum absolute atomic E-state index is 13.0. The molecule has 0 bridgehead atoms. The third kappa shape index (κ3) is 5.16. The first-order chi connectivity index (χ1) is 13.3. The normalized spacial score (nSPS) is 11.0. The van der Waals surface area contributed by atoms with Crippen LogP contribution in [0.3, 0.4) is 0 Å². The maximum Gasteiger partial charge on any atom is 0.574 e. The van der Waals surface area contributed by atoms with Crippen LogP contribution in [-0.4, -0.2) is 22.2 Å². The summed E-state index contributed by atoms with van der Waals surface area (Å²) in [5, 5.41) is 5.41. The predicted molar refractivity (Wildman–Crippen MR) is 92.8 cm³/mol. The van der Waals surface area contributed by atoms with Crippen molar-refractivity contribution in [2.75, 3.05) is 10.6 Å². The Morgan fingerprint density at radius 1 is 0.964 bits per heavy atom. The van der Waals surface area contributed by atoms with Gasteiger partial charge in [-0.1, -0.05) is 0 Å². The number of benzene rings is 1. The number of hydrogen-bond donors (Lipinski definition) is 2. The molecule has 2 heterocycles. The van der Waals surface area contributed by atoms with Crippen molar-refractivity contribution in [2.45, 2.75) is 6.36 Å². The highest BCUT2D eigenvalue weighted by molar-refractivity contribution is 6.07. The second-order valence-electron chi connectivity index (χ2n) is 5.42. The number of anilines is 3. The number of amides is 1. The fourth-order valence-electron chi connectivity index (χ4n) is 2.19. The Morgan fingerprint density at radius 3 is 2.32 bits per heavy atom. The summed E-state index contributed by atoms with van der Waals surface area (Å²) in [6.07, 6.45) is -2.36. The third-order valence-electron chi connectivity index (χ3n) is 3.37. The van der Waals surface area contributed by atoms with Crippen molar-refractivity contribution in [1.82, 2.24) is 9.97 Å². The third-order valence-corrected chi connectivity index (χ3v) is 3.37. The molecule has 144 valence electrons. The van der Waals surface area contributed by atoms with Crippen LogP contribution in [0.15, 0.2) is 60.9 Å². The molecule has 2 N–H and O–H groups in total. The molecule has 0 saturated carbocycles. The quantitative estimate of drug-likeness (QED) is 0.625. The molecule has 10 heteroatoms. The smallest absolute Gasteiger partial charge is 0.388 e. The zero-order valence-electron chi connectivity index (χ0n) is 14.0. The second-order valence-corrected chi connectivity index (χ2v) is 5.42. The van der Waals surface area contributed by atoms with Gasteiger partial charge in [0, 0.05) is 18.0 Å². The molecule has 0 aliphatic carbocycles. The minimum absolute atomic E-state index is 0.163. The summed E-state index contributed by atoms with van der Waals surface area (Å²) in [4.78, 5) is 20.1. The van der Waals surface area contributed by atoms with Crippen LogP contribution in [0.5, 0.6) is 5.88 Å². The van der Waals surface area contributed by atoms with Crippen molar-refractivity contribution in [3.05, 3.63) is 72.3 Å². The van der Waals surface area contributed by atoms with E-state index in [1.165, 1.54) is 42.6 Å². The Kier molecular flexibility index (Phi) is 5.39. The van der Waals surface area contributed by atoms with E-state index in [1.807, 2.05) is 0 Å². The molecule has 0 saturated heterocycles. The highest BCUT2D eigenvalue weighted by Crippen LogP contribution is 2.23. The molecular weight excluding hydrogens is 380 g/mol. The van der Waals surface area contributed by atoms with E-state index in [4.69, 9.17) is 0 Å². The Bertz CT molecular complexity index is 961.